The summed E-state index contributed by atoms with van der Waals surface area (Å²) in [4.78, 5) is 15.5. The number of thioether (sulfide) groups is 1. The molecule has 1 heterocycles. The van der Waals surface area contributed by atoms with Gasteiger partial charge in [-0.15, -0.1) is 10.2 Å². The average Bonchev–Trinajstić information content (AvgIpc) is 3.27. The molecule has 1 fully saturated rings. The van der Waals surface area contributed by atoms with Crippen LogP contribution in [0.1, 0.15) is 38.5 Å². The molecule has 1 aliphatic carbocycles. The number of halogens is 1. The van der Waals surface area contributed by atoms with Crippen molar-refractivity contribution < 1.29 is 9.53 Å². The molecular formula is C26H31ClN4O2S. The van der Waals surface area contributed by atoms with Gasteiger partial charge in [0.2, 0.25) is 5.91 Å². The monoisotopic (exact) mass is 498 g/mol. The molecule has 0 aliphatic heterocycles. The highest BCUT2D eigenvalue weighted by Crippen LogP contribution is 2.31. The van der Waals surface area contributed by atoms with Crippen LogP contribution in [0.4, 0.5) is 5.69 Å². The van der Waals surface area contributed by atoms with Crippen LogP contribution < -0.4 is 4.90 Å². The van der Waals surface area contributed by atoms with Gasteiger partial charge in [0.25, 0.3) is 0 Å². The van der Waals surface area contributed by atoms with Crippen LogP contribution in [-0.4, -0.2) is 46.2 Å². The predicted octanol–water partition coefficient (Wildman–Crippen LogP) is 6.09. The fraction of sp³-hybridized carbons (Fsp3) is 0.423. The van der Waals surface area contributed by atoms with Gasteiger partial charge in [0.05, 0.1) is 10.8 Å². The molecule has 0 atom stereocenters. The number of amides is 1. The Kier molecular flexibility index (Phi) is 9.02. The molecule has 0 bridgehead atoms. The minimum absolute atomic E-state index is 0.105. The van der Waals surface area contributed by atoms with E-state index < -0.39 is 0 Å². The molecule has 180 valence electrons. The number of anilines is 1. The van der Waals surface area contributed by atoms with Crippen molar-refractivity contribution in [1.82, 2.24) is 14.8 Å². The molecule has 0 N–H and O–H groups in total. The molecule has 0 spiro atoms. The molecule has 1 amide bonds. The zero-order chi connectivity index (χ0) is 23.8. The summed E-state index contributed by atoms with van der Waals surface area (Å²) in [6.07, 6.45) is 6.50. The van der Waals surface area contributed by atoms with E-state index in [0.29, 0.717) is 29.8 Å². The van der Waals surface area contributed by atoms with Crippen LogP contribution in [0.2, 0.25) is 5.02 Å². The number of para-hydroxylation sites is 1. The molecule has 1 aromatic heterocycles. The third-order valence-electron chi connectivity index (χ3n) is 6.13. The van der Waals surface area contributed by atoms with Crippen molar-refractivity contribution in [3.63, 3.8) is 0 Å². The summed E-state index contributed by atoms with van der Waals surface area (Å²) in [5, 5.41) is 10.2. The highest BCUT2D eigenvalue weighted by Gasteiger charge is 2.27. The van der Waals surface area contributed by atoms with Crippen molar-refractivity contribution >= 4 is 35.0 Å². The minimum atomic E-state index is 0.105. The normalized spacial score (nSPS) is 14.3. The van der Waals surface area contributed by atoms with Crippen LogP contribution in [0, 0.1) is 0 Å². The number of hydrogen-bond acceptors (Lipinski definition) is 5. The van der Waals surface area contributed by atoms with E-state index in [9.17, 15) is 4.79 Å². The summed E-state index contributed by atoms with van der Waals surface area (Å²) in [6.45, 7) is 1.32. The van der Waals surface area contributed by atoms with Crippen molar-refractivity contribution in [2.75, 3.05) is 24.4 Å². The molecular weight excluding hydrogens is 468 g/mol. The third-order valence-corrected chi connectivity index (χ3v) is 7.41. The van der Waals surface area contributed by atoms with Crippen LogP contribution in [0.5, 0.6) is 0 Å². The topological polar surface area (TPSA) is 60.2 Å². The highest BCUT2D eigenvalue weighted by atomic mass is 35.5. The van der Waals surface area contributed by atoms with Gasteiger partial charge in [0.1, 0.15) is 0 Å². The van der Waals surface area contributed by atoms with Crippen LogP contribution in [0.25, 0.3) is 11.4 Å². The van der Waals surface area contributed by atoms with Gasteiger partial charge in [-0.05, 0) is 43.5 Å². The Morgan fingerprint density at radius 1 is 1.09 bits per heavy atom. The van der Waals surface area contributed by atoms with Gasteiger partial charge in [0.15, 0.2) is 11.0 Å². The molecule has 0 radical (unpaired) electrons. The number of carbonyl (C=O) groups excluding carboxylic acids is 1. The second-order valence-corrected chi connectivity index (χ2v) is 9.81. The summed E-state index contributed by atoms with van der Waals surface area (Å²) >= 11 is 7.89. The van der Waals surface area contributed by atoms with Gasteiger partial charge >= 0.3 is 0 Å². The molecule has 8 heteroatoms. The number of rotatable bonds is 10. The van der Waals surface area contributed by atoms with Gasteiger partial charge in [-0.25, -0.2) is 0 Å². The summed E-state index contributed by atoms with van der Waals surface area (Å²) in [6, 6.07) is 17.9. The van der Waals surface area contributed by atoms with E-state index >= 15 is 0 Å². The quantitative estimate of drug-likeness (QED) is 0.250. The van der Waals surface area contributed by atoms with E-state index in [0.717, 1.165) is 35.7 Å². The molecule has 4 rings (SSSR count). The average molecular weight is 499 g/mol. The molecule has 2 aromatic carbocycles. The SMILES string of the molecule is COCCCn1c(SCC(=O)N(c2ccccc2)C2CCCCC2)nnc1-c1ccccc1Cl. The lowest BCUT2D eigenvalue weighted by Gasteiger charge is -2.34. The Labute approximate surface area is 210 Å². The highest BCUT2D eigenvalue weighted by molar-refractivity contribution is 7.99. The number of ether oxygens (including phenoxy) is 1. The van der Waals surface area contributed by atoms with Crippen molar-refractivity contribution in [3.05, 3.63) is 59.6 Å². The minimum Gasteiger partial charge on any atom is -0.385 e. The van der Waals surface area contributed by atoms with Gasteiger partial charge in [0, 0.05) is 37.6 Å². The Bertz CT molecular complexity index is 1070. The number of aromatic nitrogens is 3. The van der Waals surface area contributed by atoms with Crippen molar-refractivity contribution in [2.45, 2.75) is 56.3 Å². The smallest absolute Gasteiger partial charge is 0.237 e. The lowest BCUT2D eigenvalue weighted by atomic mass is 9.93. The first-order valence-electron chi connectivity index (χ1n) is 11.9. The van der Waals surface area contributed by atoms with E-state index in [1.54, 1.807) is 7.11 Å². The number of methoxy groups -OCH3 is 1. The van der Waals surface area contributed by atoms with Gasteiger partial charge in [-0.3, -0.25) is 4.79 Å². The number of hydrogen-bond donors (Lipinski definition) is 0. The van der Waals surface area contributed by atoms with Crippen LogP contribution in [-0.2, 0) is 16.1 Å². The number of nitrogens with zero attached hydrogens (tertiary/aromatic N) is 4. The van der Waals surface area contributed by atoms with Gasteiger partial charge < -0.3 is 14.2 Å². The van der Waals surface area contributed by atoms with Crippen molar-refractivity contribution in [3.8, 4) is 11.4 Å². The van der Waals surface area contributed by atoms with Gasteiger partial charge in [-0.2, -0.15) is 0 Å². The summed E-state index contributed by atoms with van der Waals surface area (Å²) in [5.74, 6) is 1.12. The van der Waals surface area contributed by atoms with Crippen molar-refractivity contribution in [2.24, 2.45) is 0 Å². The van der Waals surface area contributed by atoms with Crippen molar-refractivity contribution in [1.29, 1.82) is 0 Å². The molecule has 34 heavy (non-hydrogen) atoms. The van der Waals surface area contributed by atoms with Crippen LogP contribution >= 0.6 is 23.4 Å². The summed E-state index contributed by atoms with van der Waals surface area (Å²) < 4.78 is 7.29. The first kappa shape index (κ1) is 24.8. The predicted molar refractivity (Wildman–Crippen MR) is 138 cm³/mol. The van der Waals surface area contributed by atoms with Crippen LogP contribution in [0.3, 0.4) is 0 Å². The first-order chi connectivity index (χ1) is 16.7. The van der Waals surface area contributed by atoms with E-state index in [1.807, 2.05) is 64.1 Å². The molecule has 0 saturated heterocycles. The fourth-order valence-electron chi connectivity index (χ4n) is 4.49. The summed E-state index contributed by atoms with van der Waals surface area (Å²) in [5.41, 5.74) is 1.80. The standard InChI is InChI=1S/C26H31ClN4O2S/c1-33-18-10-17-30-25(22-15-8-9-16-23(22)27)28-29-26(30)34-19-24(32)31(20-11-4-2-5-12-20)21-13-6-3-7-14-21/h2,4-5,8-9,11-12,15-16,21H,3,6-7,10,13-14,17-19H2,1H3. The fourth-order valence-corrected chi connectivity index (χ4v) is 5.53. The molecule has 6 nitrogen and oxygen atoms in total. The van der Waals surface area contributed by atoms with E-state index in [-0.39, 0.29) is 11.9 Å². The Hall–Kier alpha value is -2.35. The Morgan fingerprint density at radius 2 is 1.82 bits per heavy atom. The zero-order valence-electron chi connectivity index (χ0n) is 19.5. The third kappa shape index (κ3) is 6.01. The molecule has 3 aromatic rings. The van der Waals surface area contributed by atoms with E-state index in [4.69, 9.17) is 16.3 Å². The lowest BCUT2D eigenvalue weighted by molar-refractivity contribution is -0.116. The summed E-state index contributed by atoms with van der Waals surface area (Å²) in [7, 11) is 1.69. The molecule has 0 unspecified atom stereocenters. The lowest BCUT2D eigenvalue weighted by Crippen LogP contribution is -2.42. The molecule has 1 saturated carbocycles. The number of benzene rings is 2. The van der Waals surface area contributed by atoms with Gasteiger partial charge in [-0.1, -0.05) is 73.0 Å². The maximum Gasteiger partial charge on any atom is 0.237 e. The maximum atomic E-state index is 13.5. The zero-order valence-corrected chi connectivity index (χ0v) is 21.1. The van der Waals surface area contributed by atoms with Crippen LogP contribution in [0.15, 0.2) is 59.8 Å². The first-order valence-corrected chi connectivity index (χ1v) is 13.2. The maximum absolute atomic E-state index is 13.5. The largest absolute Gasteiger partial charge is 0.385 e. The molecule has 1 aliphatic rings. The number of carbonyl (C=O) groups is 1. The second-order valence-electron chi connectivity index (χ2n) is 8.46. The van der Waals surface area contributed by atoms with E-state index in [2.05, 4.69) is 10.2 Å². The second kappa shape index (κ2) is 12.4. The Morgan fingerprint density at radius 3 is 2.56 bits per heavy atom. The van der Waals surface area contributed by atoms with E-state index in [1.165, 1.54) is 31.0 Å². The Balaban J connectivity index is 1.55.